The van der Waals surface area contributed by atoms with Crippen molar-refractivity contribution in [3.8, 4) is 5.75 Å². The number of nitrogens with two attached hydrogens (primary N) is 1. The minimum absolute atomic E-state index is 0.171. The third-order valence-electron chi connectivity index (χ3n) is 3.19. The van der Waals surface area contributed by atoms with E-state index >= 15 is 0 Å². The molecule has 2 rings (SSSR count). The summed E-state index contributed by atoms with van der Waals surface area (Å²) in [6.45, 7) is 1.87. The molecule has 0 aromatic heterocycles. The van der Waals surface area contributed by atoms with Gasteiger partial charge >= 0.3 is 0 Å². The molecular weight excluding hydrogens is 372 g/mol. The number of rotatable bonds is 8. The van der Waals surface area contributed by atoms with E-state index in [1.807, 2.05) is 13.0 Å². The number of primary amides is 1. The van der Waals surface area contributed by atoms with Crippen LogP contribution in [0.25, 0.3) is 6.08 Å². The molecule has 0 heterocycles. The second-order valence-electron chi connectivity index (χ2n) is 5.22. The average molecular weight is 391 g/mol. The fraction of sp³-hybridized carbons (Fsp3) is 0.158. The summed E-state index contributed by atoms with van der Waals surface area (Å²) in [6, 6.07) is 12.4. The van der Waals surface area contributed by atoms with Crippen molar-refractivity contribution in [2.24, 2.45) is 5.73 Å². The van der Waals surface area contributed by atoms with Gasteiger partial charge in [0.15, 0.2) is 6.61 Å². The summed E-state index contributed by atoms with van der Waals surface area (Å²) in [5.41, 5.74) is 6.53. The second-order valence-corrected chi connectivity index (χ2v) is 6.96. The molecule has 0 saturated carbocycles. The van der Waals surface area contributed by atoms with Crippen molar-refractivity contribution in [1.82, 2.24) is 0 Å². The first-order valence-corrected chi connectivity index (χ1v) is 9.27. The van der Waals surface area contributed by atoms with Crippen LogP contribution in [-0.4, -0.2) is 24.2 Å². The summed E-state index contributed by atoms with van der Waals surface area (Å²) >= 11 is 7.65. The van der Waals surface area contributed by atoms with Crippen molar-refractivity contribution in [1.29, 1.82) is 0 Å². The van der Waals surface area contributed by atoms with Crippen LogP contribution in [-0.2, 0) is 9.59 Å². The third-order valence-corrected chi connectivity index (χ3v) is 4.38. The summed E-state index contributed by atoms with van der Waals surface area (Å²) in [4.78, 5) is 23.8. The van der Waals surface area contributed by atoms with E-state index in [0.29, 0.717) is 16.5 Å². The molecule has 0 bridgehead atoms. The molecular formula is C19H19ClN2O3S. The predicted octanol–water partition coefficient (Wildman–Crippen LogP) is 3.97. The van der Waals surface area contributed by atoms with Gasteiger partial charge in [-0.05, 0) is 47.7 Å². The zero-order chi connectivity index (χ0) is 18.9. The Bertz CT molecular complexity index is 807. The van der Waals surface area contributed by atoms with E-state index in [0.717, 1.165) is 16.2 Å². The Hall–Kier alpha value is -2.44. The zero-order valence-electron chi connectivity index (χ0n) is 14.2. The minimum Gasteiger partial charge on any atom is -0.484 e. The molecule has 2 aromatic rings. The molecule has 7 heteroatoms. The van der Waals surface area contributed by atoms with E-state index in [4.69, 9.17) is 22.1 Å². The van der Waals surface area contributed by atoms with Gasteiger partial charge in [0.25, 0.3) is 5.91 Å². The lowest BCUT2D eigenvalue weighted by molar-refractivity contribution is -0.120. The van der Waals surface area contributed by atoms with Crippen LogP contribution in [0, 0.1) is 0 Å². The molecule has 2 aromatic carbocycles. The Morgan fingerprint density at radius 2 is 1.96 bits per heavy atom. The van der Waals surface area contributed by atoms with Crippen LogP contribution in [0.3, 0.4) is 0 Å². The van der Waals surface area contributed by atoms with E-state index in [-0.39, 0.29) is 12.5 Å². The molecule has 0 aliphatic carbocycles. The van der Waals surface area contributed by atoms with Crippen molar-refractivity contribution in [2.75, 3.05) is 17.7 Å². The van der Waals surface area contributed by atoms with Crippen LogP contribution < -0.4 is 15.8 Å². The van der Waals surface area contributed by atoms with E-state index in [1.165, 1.54) is 6.08 Å². The summed E-state index contributed by atoms with van der Waals surface area (Å²) < 4.78 is 5.18. The number of hydrogen-bond donors (Lipinski definition) is 2. The maximum absolute atomic E-state index is 12.2. The summed E-state index contributed by atoms with van der Waals surface area (Å²) in [7, 11) is 0. The standard InChI is InChI=1S/C19H19ClN2O3S/c1-2-26-17-9-6-14(20)11-16(17)22-19(24)10-5-13-3-7-15(8-4-13)25-12-18(21)23/h3-11H,2,12H2,1H3,(H2,21,23)(H,22,24). The molecule has 0 radical (unpaired) electrons. The number of anilines is 1. The number of thioether (sulfide) groups is 1. The number of halogens is 1. The van der Waals surface area contributed by atoms with E-state index < -0.39 is 5.91 Å². The highest BCUT2D eigenvalue weighted by atomic mass is 35.5. The summed E-state index contributed by atoms with van der Waals surface area (Å²) in [5, 5.41) is 3.41. The molecule has 3 N–H and O–H groups in total. The molecule has 0 aliphatic heterocycles. The maximum atomic E-state index is 12.2. The number of carbonyl (C=O) groups is 2. The Labute approximate surface area is 161 Å². The lowest BCUT2D eigenvalue weighted by Crippen LogP contribution is -2.19. The van der Waals surface area contributed by atoms with Gasteiger partial charge in [0.2, 0.25) is 5.91 Å². The van der Waals surface area contributed by atoms with Crippen molar-refractivity contribution in [3.05, 3.63) is 59.1 Å². The molecule has 0 aliphatic rings. The predicted molar refractivity (Wildman–Crippen MR) is 107 cm³/mol. The first-order valence-electron chi connectivity index (χ1n) is 7.90. The summed E-state index contributed by atoms with van der Waals surface area (Å²) in [6.07, 6.45) is 3.13. The molecule has 0 unspecified atom stereocenters. The van der Waals surface area contributed by atoms with Gasteiger partial charge in [0.05, 0.1) is 5.69 Å². The van der Waals surface area contributed by atoms with Crippen LogP contribution in [0.1, 0.15) is 12.5 Å². The zero-order valence-corrected chi connectivity index (χ0v) is 15.8. The monoisotopic (exact) mass is 390 g/mol. The van der Waals surface area contributed by atoms with Crippen LogP contribution in [0.4, 0.5) is 5.69 Å². The van der Waals surface area contributed by atoms with Gasteiger partial charge in [-0.15, -0.1) is 11.8 Å². The average Bonchev–Trinajstić information content (AvgIpc) is 2.61. The SMILES string of the molecule is CCSc1ccc(Cl)cc1NC(=O)C=Cc1ccc(OCC(N)=O)cc1. The van der Waals surface area contributed by atoms with Crippen LogP contribution >= 0.6 is 23.4 Å². The molecule has 5 nitrogen and oxygen atoms in total. The second kappa shape index (κ2) is 9.89. The lowest BCUT2D eigenvalue weighted by atomic mass is 10.2. The normalized spacial score (nSPS) is 10.7. The van der Waals surface area contributed by atoms with Gasteiger partial charge in [-0.1, -0.05) is 30.7 Å². The molecule has 0 saturated heterocycles. The number of nitrogens with one attached hydrogen (secondary N) is 1. The highest BCUT2D eigenvalue weighted by molar-refractivity contribution is 7.99. The topological polar surface area (TPSA) is 81.4 Å². The van der Waals surface area contributed by atoms with Gasteiger partial charge in [0, 0.05) is 16.0 Å². The maximum Gasteiger partial charge on any atom is 0.255 e. The van der Waals surface area contributed by atoms with Crippen molar-refractivity contribution in [2.45, 2.75) is 11.8 Å². The molecule has 26 heavy (non-hydrogen) atoms. The number of amides is 2. The first kappa shape index (κ1) is 19.9. The van der Waals surface area contributed by atoms with Gasteiger partial charge in [0.1, 0.15) is 5.75 Å². The molecule has 0 fully saturated rings. The Balaban J connectivity index is 1.99. The van der Waals surface area contributed by atoms with E-state index in [2.05, 4.69) is 5.32 Å². The van der Waals surface area contributed by atoms with Crippen molar-refractivity contribution in [3.63, 3.8) is 0 Å². The Kier molecular flexibility index (Phi) is 7.56. The van der Waals surface area contributed by atoms with Crippen LogP contribution in [0.15, 0.2) is 53.4 Å². The molecule has 2 amide bonds. The van der Waals surface area contributed by atoms with Crippen LogP contribution in [0.2, 0.25) is 5.02 Å². The highest BCUT2D eigenvalue weighted by Crippen LogP contribution is 2.29. The third kappa shape index (κ3) is 6.46. The van der Waals surface area contributed by atoms with E-state index in [1.54, 1.807) is 54.2 Å². The number of hydrogen-bond acceptors (Lipinski definition) is 4. The smallest absolute Gasteiger partial charge is 0.255 e. The fourth-order valence-corrected chi connectivity index (χ4v) is 2.97. The Morgan fingerprint density at radius 3 is 2.62 bits per heavy atom. The van der Waals surface area contributed by atoms with E-state index in [9.17, 15) is 9.59 Å². The number of carbonyl (C=O) groups excluding carboxylic acids is 2. The van der Waals surface area contributed by atoms with Gasteiger partial charge < -0.3 is 15.8 Å². The van der Waals surface area contributed by atoms with Crippen LogP contribution in [0.5, 0.6) is 5.75 Å². The first-order chi connectivity index (χ1) is 12.5. The molecule has 136 valence electrons. The highest BCUT2D eigenvalue weighted by Gasteiger charge is 2.06. The molecule has 0 spiro atoms. The van der Waals surface area contributed by atoms with Crippen molar-refractivity contribution < 1.29 is 14.3 Å². The van der Waals surface area contributed by atoms with Gasteiger partial charge in [-0.25, -0.2) is 0 Å². The minimum atomic E-state index is -0.535. The number of ether oxygens (including phenoxy) is 1. The number of benzene rings is 2. The largest absolute Gasteiger partial charge is 0.484 e. The van der Waals surface area contributed by atoms with Crippen molar-refractivity contribution >= 4 is 46.9 Å². The Morgan fingerprint density at radius 1 is 1.23 bits per heavy atom. The van der Waals surface area contributed by atoms with Gasteiger partial charge in [-0.2, -0.15) is 0 Å². The fourth-order valence-electron chi connectivity index (χ4n) is 2.06. The lowest BCUT2D eigenvalue weighted by Gasteiger charge is -2.09. The van der Waals surface area contributed by atoms with Gasteiger partial charge in [-0.3, -0.25) is 9.59 Å². The molecule has 0 atom stereocenters. The quantitative estimate of drug-likeness (QED) is 0.528. The summed E-state index contributed by atoms with van der Waals surface area (Å²) in [5.74, 6) is 0.641.